The van der Waals surface area contributed by atoms with Crippen LogP contribution >= 0.6 is 0 Å². The Morgan fingerprint density at radius 3 is 2.50 bits per heavy atom. The van der Waals surface area contributed by atoms with Gasteiger partial charge in [0.15, 0.2) is 12.6 Å². The monoisotopic (exact) mass is 385 g/mol. The highest BCUT2D eigenvalue weighted by Crippen LogP contribution is 2.34. The molecule has 4 rings (SSSR count). The SMILES string of the molecule is O=CNC1C(OCc2ccccc2)OC2COC(c3ccccc3)OC2C1O. The van der Waals surface area contributed by atoms with E-state index in [-0.39, 0.29) is 6.61 Å². The Bertz CT molecular complexity index is 758. The summed E-state index contributed by atoms with van der Waals surface area (Å²) < 4.78 is 23.6. The van der Waals surface area contributed by atoms with Crippen molar-refractivity contribution in [1.29, 1.82) is 0 Å². The van der Waals surface area contributed by atoms with Crippen molar-refractivity contribution in [2.75, 3.05) is 6.61 Å². The molecule has 2 aliphatic heterocycles. The molecule has 0 saturated carbocycles. The van der Waals surface area contributed by atoms with E-state index in [9.17, 15) is 9.90 Å². The first-order valence-electron chi connectivity index (χ1n) is 9.27. The van der Waals surface area contributed by atoms with E-state index in [2.05, 4.69) is 5.32 Å². The van der Waals surface area contributed by atoms with Crippen LogP contribution in [-0.2, 0) is 30.3 Å². The highest BCUT2D eigenvalue weighted by Gasteiger charge is 2.49. The lowest BCUT2D eigenvalue weighted by molar-refractivity contribution is -0.345. The molecule has 2 saturated heterocycles. The van der Waals surface area contributed by atoms with Crippen LogP contribution in [0.25, 0.3) is 0 Å². The average molecular weight is 385 g/mol. The molecule has 0 bridgehead atoms. The second-order valence-electron chi connectivity index (χ2n) is 6.82. The van der Waals surface area contributed by atoms with Gasteiger partial charge >= 0.3 is 0 Å². The molecule has 1 amide bonds. The van der Waals surface area contributed by atoms with Crippen LogP contribution in [0.2, 0.25) is 0 Å². The Morgan fingerprint density at radius 2 is 1.79 bits per heavy atom. The number of fused-ring (bicyclic) bond motifs is 1. The molecule has 0 spiro atoms. The van der Waals surface area contributed by atoms with Crippen LogP contribution in [0.5, 0.6) is 0 Å². The molecule has 2 N–H and O–H groups in total. The van der Waals surface area contributed by atoms with Gasteiger partial charge in [-0.3, -0.25) is 4.79 Å². The van der Waals surface area contributed by atoms with Crippen molar-refractivity contribution in [3.63, 3.8) is 0 Å². The van der Waals surface area contributed by atoms with E-state index in [0.717, 1.165) is 11.1 Å². The summed E-state index contributed by atoms with van der Waals surface area (Å²) in [6, 6.07) is 18.4. The van der Waals surface area contributed by atoms with Crippen molar-refractivity contribution in [2.45, 2.75) is 43.5 Å². The van der Waals surface area contributed by atoms with Crippen molar-refractivity contribution in [3.8, 4) is 0 Å². The first-order chi connectivity index (χ1) is 13.8. The Labute approximate surface area is 163 Å². The zero-order valence-electron chi connectivity index (χ0n) is 15.2. The van der Waals surface area contributed by atoms with E-state index in [1.807, 2.05) is 60.7 Å². The average Bonchev–Trinajstić information content (AvgIpc) is 2.76. The fourth-order valence-corrected chi connectivity index (χ4v) is 3.52. The number of nitrogens with one attached hydrogen (secondary N) is 1. The van der Waals surface area contributed by atoms with Crippen molar-refractivity contribution >= 4 is 6.41 Å². The van der Waals surface area contributed by atoms with Crippen LogP contribution in [0, 0.1) is 0 Å². The van der Waals surface area contributed by atoms with Crippen molar-refractivity contribution in [3.05, 3.63) is 71.8 Å². The number of rotatable bonds is 6. The number of hydrogen-bond donors (Lipinski definition) is 2. The lowest BCUT2D eigenvalue weighted by atomic mass is 9.96. The van der Waals surface area contributed by atoms with E-state index in [4.69, 9.17) is 18.9 Å². The molecule has 7 heteroatoms. The maximum absolute atomic E-state index is 11.1. The first-order valence-corrected chi connectivity index (χ1v) is 9.27. The quantitative estimate of drug-likeness (QED) is 0.734. The number of carbonyl (C=O) groups excluding carboxylic acids is 1. The highest BCUT2D eigenvalue weighted by atomic mass is 16.7. The van der Waals surface area contributed by atoms with Crippen LogP contribution in [-0.4, -0.2) is 48.8 Å². The van der Waals surface area contributed by atoms with Gasteiger partial charge in [0.05, 0.1) is 13.2 Å². The number of amides is 1. The number of hydrogen-bond acceptors (Lipinski definition) is 6. The second kappa shape index (κ2) is 8.81. The minimum absolute atomic E-state index is 0.250. The third-order valence-corrected chi connectivity index (χ3v) is 4.96. The number of ether oxygens (including phenoxy) is 4. The van der Waals surface area contributed by atoms with Gasteiger partial charge in [-0.1, -0.05) is 60.7 Å². The minimum Gasteiger partial charge on any atom is -0.388 e. The van der Waals surface area contributed by atoms with Crippen LogP contribution in [0.15, 0.2) is 60.7 Å². The predicted molar refractivity (Wildman–Crippen MR) is 98.9 cm³/mol. The Kier molecular flexibility index (Phi) is 5.99. The van der Waals surface area contributed by atoms with E-state index < -0.39 is 36.9 Å². The molecule has 2 fully saturated rings. The highest BCUT2D eigenvalue weighted by molar-refractivity contribution is 5.47. The van der Waals surface area contributed by atoms with Crippen LogP contribution in [0.3, 0.4) is 0 Å². The van der Waals surface area contributed by atoms with Crippen molar-refractivity contribution < 1.29 is 28.8 Å². The van der Waals surface area contributed by atoms with Gasteiger partial charge in [-0.05, 0) is 5.56 Å². The third-order valence-electron chi connectivity index (χ3n) is 4.96. The van der Waals surface area contributed by atoms with Gasteiger partial charge in [0.1, 0.15) is 24.4 Å². The Morgan fingerprint density at radius 1 is 1.07 bits per heavy atom. The van der Waals surface area contributed by atoms with Crippen LogP contribution in [0.4, 0.5) is 0 Å². The summed E-state index contributed by atoms with van der Waals surface area (Å²) in [5, 5.41) is 13.5. The van der Waals surface area contributed by atoms with Gasteiger partial charge in [-0.25, -0.2) is 0 Å². The van der Waals surface area contributed by atoms with Gasteiger partial charge in [-0.2, -0.15) is 0 Å². The van der Waals surface area contributed by atoms with E-state index in [1.54, 1.807) is 0 Å². The molecule has 0 radical (unpaired) electrons. The molecule has 148 valence electrons. The molecule has 2 aliphatic rings. The summed E-state index contributed by atoms with van der Waals surface area (Å²) in [4.78, 5) is 11.1. The lowest BCUT2D eigenvalue weighted by Crippen LogP contribution is -2.65. The molecule has 0 aromatic heterocycles. The van der Waals surface area contributed by atoms with E-state index in [1.165, 1.54) is 0 Å². The van der Waals surface area contributed by atoms with Gasteiger partial charge in [0.25, 0.3) is 0 Å². The molecule has 7 nitrogen and oxygen atoms in total. The van der Waals surface area contributed by atoms with E-state index in [0.29, 0.717) is 13.0 Å². The largest absolute Gasteiger partial charge is 0.388 e. The predicted octanol–water partition coefficient (Wildman–Crippen LogP) is 1.52. The summed E-state index contributed by atoms with van der Waals surface area (Å²) in [6.07, 6.45) is -3.03. The molecular weight excluding hydrogens is 362 g/mol. The summed E-state index contributed by atoms with van der Waals surface area (Å²) in [5.41, 5.74) is 1.82. The van der Waals surface area contributed by atoms with Gasteiger partial charge in [-0.15, -0.1) is 0 Å². The topological polar surface area (TPSA) is 86.3 Å². The van der Waals surface area contributed by atoms with E-state index >= 15 is 0 Å². The molecule has 0 aliphatic carbocycles. The zero-order valence-corrected chi connectivity index (χ0v) is 15.2. The third kappa shape index (κ3) is 4.09. The first kappa shape index (κ1) is 19.0. The number of aliphatic hydroxyl groups excluding tert-OH is 1. The summed E-state index contributed by atoms with van der Waals surface area (Å²) in [5.74, 6) is 0. The molecule has 2 heterocycles. The fourth-order valence-electron chi connectivity index (χ4n) is 3.52. The minimum atomic E-state index is -1.00. The molecule has 28 heavy (non-hydrogen) atoms. The fraction of sp³-hybridized carbons (Fsp3) is 0.381. The normalized spacial score (nSPS) is 32.3. The zero-order chi connectivity index (χ0) is 19.3. The summed E-state index contributed by atoms with van der Waals surface area (Å²) >= 11 is 0. The molecule has 2 aromatic carbocycles. The standard InChI is InChI=1S/C21H23NO6/c23-13-22-17-18(24)19-16(12-26-20(28-19)15-9-5-2-6-10-15)27-21(17)25-11-14-7-3-1-4-8-14/h1-10,13,16-21,24H,11-12H2,(H,22,23). The van der Waals surface area contributed by atoms with Crippen LogP contribution < -0.4 is 5.32 Å². The smallest absolute Gasteiger partial charge is 0.207 e. The molecule has 2 aromatic rings. The van der Waals surface area contributed by atoms with Gasteiger partial charge in [0.2, 0.25) is 6.41 Å². The Balaban J connectivity index is 1.45. The van der Waals surface area contributed by atoms with Gasteiger partial charge < -0.3 is 29.4 Å². The lowest BCUT2D eigenvalue weighted by Gasteiger charge is -2.47. The maximum Gasteiger partial charge on any atom is 0.207 e. The van der Waals surface area contributed by atoms with Crippen molar-refractivity contribution in [2.24, 2.45) is 0 Å². The molecule has 6 unspecified atom stereocenters. The van der Waals surface area contributed by atoms with Crippen molar-refractivity contribution in [1.82, 2.24) is 5.32 Å². The summed E-state index contributed by atoms with van der Waals surface area (Å²) in [7, 11) is 0. The molecule has 6 atom stereocenters. The Hall–Kier alpha value is -2.29. The van der Waals surface area contributed by atoms with Gasteiger partial charge in [0, 0.05) is 5.56 Å². The summed E-state index contributed by atoms with van der Waals surface area (Å²) in [6.45, 7) is 0.543. The number of carbonyl (C=O) groups is 1. The molecular formula is C21H23NO6. The maximum atomic E-state index is 11.1. The number of benzene rings is 2. The number of aliphatic hydroxyl groups is 1. The second-order valence-corrected chi connectivity index (χ2v) is 6.82. The van der Waals surface area contributed by atoms with Crippen LogP contribution in [0.1, 0.15) is 17.4 Å².